The standard InChI is InChI=1S/C31H24FN5O6/c32-23-22(16-42-31(41)21-14-8-3-9-15-21)43-30(25(23)38)36-18-35-24-26(36)33-17-34-27(24)37(28(39)19-10-4-1-5-11-19)29(40)20-12-6-2-7-13-20/h1-15,17-18,22-23,25,30,38H,16H2/t22-,23+,25-,30-/m0/s1. The number of rotatable bonds is 7. The summed E-state index contributed by atoms with van der Waals surface area (Å²) in [4.78, 5) is 53.4. The number of aliphatic hydroxyl groups is 1. The first-order chi connectivity index (χ1) is 20.9. The summed E-state index contributed by atoms with van der Waals surface area (Å²) in [6.45, 7) is -0.444. The minimum absolute atomic E-state index is 0.0428. The highest BCUT2D eigenvalue weighted by molar-refractivity contribution is 6.27. The van der Waals surface area contributed by atoms with Gasteiger partial charge in [-0.05, 0) is 36.4 Å². The van der Waals surface area contributed by atoms with Crippen LogP contribution in [0.25, 0.3) is 11.2 Å². The number of hydrogen-bond donors (Lipinski definition) is 1. The SMILES string of the molecule is O=C(OC[C@@H]1O[C@H](n2cnc3c(N(C(=O)c4ccccc4)C(=O)c4ccccc4)ncnc32)[C@@H](O)[C@@H]1F)c1ccccc1. The lowest BCUT2D eigenvalue weighted by molar-refractivity contribution is -0.0544. The molecule has 6 rings (SSSR count). The smallest absolute Gasteiger partial charge is 0.338 e. The summed E-state index contributed by atoms with van der Waals surface area (Å²) in [5, 5.41) is 10.7. The van der Waals surface area contributed by atoms with E-state index in [-0.39, 0.29) is 33.7 Å². The maximum absolute atomic E-state index is 15.1. The molecule has 1 saturated heterocycles. The Morgan fingerprint density at radius 1 is 0.837 bits per heavy atom. The van der Waals surface area contributed by atoms with Gasteiger partial charge < -0.3 is 14.6 Å². The fourth-order valence-corrected chi connectivity index (χ4v) is 4.78. The molecule has 2 amide bonds. The van der Waals surface area contributed by atoms with Crippen LogP contribution in [0.4, 0.5) is 10.2 Å². The van der Waals surface area contributed by atoms with Gasteiger partial charge in [-0.3, -0.25) is 14.2 Å². The number of carbonyl (C=O) groups is 3. The number of anilines is 1. The molecule has 12 heteroatoms. The van der Waals surface area contributed by atoms with Gasteiger partial charge in [0.1, 0.15) is 25.1 Å². The molecule has 43 heavy (non-hydrogen) atoms. The van der Waals surface area contributed by atoms with Gasteiger partial charge in [0.25, 0.3) is 11.8 Å². The van der Waals surface area contributed by atoms with E-state index in [4.69, 9.17) is 9.47 Å². The Balaban J connectivity index is 1.31. The molecule has 0 aliphatic carbocycles. The van der Waals surface area contributed by atoms with E-state index in [0.29, 0.717) is 0 Å². The number of nitrogens with zero attached hydrogens (tertiary/aromatic N) is 5. The van der Waals surface area contributed by atoms with Crippen molar-refractivity contribution < 1.29 is 33.4 Å². The zero-order chi connectivity index (χ0) is 29.9. The highest BCUT2D eigenvalue weighted by atomic mass is 19.1. The number of halogens is 1. The number of alkyl halides is 1. The average molecular weight is 582 g/mol. The molecule has 1 N–H and O–H groups in total. The van der Waals surface area contributed by atoms with Crippen molar-refractivity contribution in [3.05, 3.63) is 120 Å². The highest BCUT2D eigenvalue weighted by Gasteiger charge is 2.46. The average Bonchev–Trinajstić information content (AvgIpc) is 3.61. The van der Waals surface area contributed by atoms with Crippen LogP contribution in [-0.2, 0) is 9.47 Å². The highest BCUT2D eigenvalue weighted by Crippen LogP contribution is 2.35. The molecule has 2 aromatic heterocycles. The molecule has 0 spiro atoms. The van der Waals surface area contributed by atoms with Crippen molar-refractivity contribution >= 4 is 34.8 Å². The number of imidazole rings is 1. The molecular formula is C31H24FN5O6. The summed E-state index contributed by atoms with van der Waals surface area (Å²) in [6, 6.07) is 24.6. The zero-order valence-corrected chi connectivity index (χ0v) is 22.4. The maximum Gasteiger partial charge on any atom is 0.338 e. The topological polar surface area (TPSA) is 137 Å². The molecule has 1 aliphatic rings. The van der Waals surface area contributed by atoms with Gasteiger partial charge in [0.15, 0.2) is 29.4 Å². The Bertz CT molecular complexity index is 1720. The van der Waals surface area contributed by atoms with Crippen molar-refractivity contribution in [2.75, 3.05) is 11.5 Å². The predicted octanol–water partition coefficient (Wildman–Crippen LogP) is 3.77. The third kappa shape index (κ3) is 5.36. The van der Waals surface area contributed by atoms with Crippen molar-refractivity contribution in [3.8, 4) is 0 Å². The first kappa shape index (κ1) is 27.8. The van der Waals surface area contributed by atoms with E-state index in [1.807, 2.05) is 0 Å². The van der Waals surface area contributed by atoms with Crippen molar-refractivity contribution in [2.24, 2.45) is 0 Å². The lowest BCUT2D eigenvalue weighted by atomic mass is 10.1. The number of imide groups is 1. The number of carbonyl (C=O) groups excluding carboxylic acids is 3. The quantitative estimate of drug-likeness (QED) is 0.225. The van der Waals surface area contributed by atoms with Gasteiger partial charge in [0, 0.05) is 11.1 Å². The fraction of sp³-hybridized carbons (Fsp3) is 0.161. The van der Waals surface area contributed by atoms with Crippen molar-refractivity contribution in [2.45, 2.75) is 24.6 Å². The van der Waals surface area contributed by atoms with E-state index in [0.717, 1.165) is 11.2 Å². The Labute approximate surface area is 244 Å². The van der Waals surface area contributed by atoms with Crippen molar-refractivity contribution in [1.29, 1.82) is 0 Å². The molecule has 0 unspecified atom stereocenters. The number of aromatic nitrogens is 4. The molecule has 1 fully saturated rings. The molecule has 0 saturated carbocycles. The van der Waals surface area contributed by atoms with Crippen LogP contribution >= 0.6 is 0 Å². The number of hydrogen-bond acceptors (Lipinski definition) is 9. The summed E-state index contributed by atoms with van der Waals surface area (Å²) < 4.78 is 27.4. The molecule has 1 aliphatic heterocycles. The molecule has 216 valence electrons. The summed E-state index contributed by atoms with van der Waals surface area (Å²) in [5.41, 5.74) is 0.884. The molecule has 0 bridgehead atoms. The second kappa shape index (κ2) is 11.9. The number of fused-ring (bicyclic) bond motifs is 1. The van der Waals surface area contributed by atoms with Crippen LogP contribution in [-0.4, -0.2) is 67.4 Å². The van der Waals surface area contributed by atoms with Gasteiger partial charge in [-0.1, -0.05) is 54.6 Å². The molecule has 3 heterocycles. The zero-order valence-electron chi connectivity index (χ0n) is 22.4. The Morgan fingerprint density at radius 2 is 1.40 bits per heavy atom. The molecular weight excluding hydrogens is 557 g/mol. The Morgan fingerprint density at radius 3 is 1.98 bits per heavy atom. The first-order valence-electron chi connectivity index (χ1n) is 13.3. The van der Waals surface area contributed by atoms with E-state index >= 15 is 4.39 Å². The number of ether oxygens (including phenoxy) is 2. The maximum atomic E-state index is 15.1. The molecule has 4 atom stereocenters. The second-order valence-electron chi connectivity index (χ2n) is 9.66. The molecule has 3 aromatic carbocycles. The van der Waals surface area contributed by atoms with Gasteiger partial charge in [0.2, 0.25) is 0 Å². The van der Waals surface area contributed by atoms with Gasteiger partial charge in [-0.15, -0.1) is 0 Å². The monoisotopic (exact) mass is 581 g/mol. The number of benzene rings is 3. The van der Waals surface area contributed by atoms with Gasteiger partial charge in [-0.2, -0.15) is 0 Å². The van der Waals surface area contributed by atoms with E-state index in [2.05, 4.69) is 15.0 Å². The largest absolute Gasteiger partial charge is 0.459 e. The van der Waals surface area contributed by atoms with Gasteiger partial charge in [0.05, 0.1) is 11.9 Å². The summed E-state index contributed by atoms with van der Waals surface area (Å²) in [6.07, 6.45) is -3.76. The van der Waals surface area contributed by atoms with Gasteiger partial charge in [-0.25, -0.2) is 29.0 Å². The van der Waals surface area contributed by atoms with E-state index < -0.39 is 49.0 Å². The van der Waals surface area contributed by atoms with Crippen LogP contribution in [0, 0.1) is 0 Å². The van der Waals surface area contributed by atoms with Crippen LogP contribution < -0.4 is 4.90 Å². The van der Waals surface area contributed by atoms with Crippen molar-refractivity contribution in [1.82, 2.24) is 19.5 Å². The van der Waals surface area contributed by atoms with Crippen LogP contribution in [0.3, 0.4) is 0 Å². The number of esters is 1. The summed E-state index contributed by atoms with van der Waals surface area (Å²) in [7, 11) is 0. The third-order valence-corrected chi connectivity index (χ3v) is 6.95. The summed E-state index contributed by atoms with van der Waals surface area (Å²) >= 11 is 0. The fourth-order valence-electron chi connectivity index (χ4n) is 4.78. The normalized spacial score (nSPS) is 19.7. The van der Waals surface area contributed by atoms with Gasteiger partial charge >= 0.3 is 5.97 Å². The molecule has 5 aromatic rings. The minimum atomic E-state index is -1.90. The number of amides is 2. The predicted molar refractivity (Wildman–Crippen MR) is 151 cm³/mol. The molecule has 0 radical (unpaired) electrons. The summed E-state index contributed by atoms with van der Waals surface area (Å²) in [5.74, 6) is -2.06. The Kier molecular flexibility index (Phi) is 7.69. The first-order valence-corrected chi connectivity index (χ1v) is 13.3. The lowest BCUT2D eigenvalue weighted by Crippen LogP contribution is -2.38. The Hall–Kier alpha value is -5.33. The van der Waals surface area contributed by atoms with E-state index in [9.17, 15) is 19.5 Å². The van der Waals surface area contributed by atoms with Crippen molar-refractivity contribution in [3.63, 3.8) is 0 Å². The lowest BCUT2D eigenvalue weighted by Gasteiger charge is -2.21. The van der Waals surface area contributed by atoms with E-state index in [1.165, 1.54) is 10.9 Å². The van der Waals surface area contributed by atoms with Crippen LogP contribution in [0.1, 0.15) is 37.3 Å². The van der Waals surface area contributed by atoms with Crippen LogP contribution in [0.5, 0.6) is 0 Å². The second-order valence-corrected chi connectivity index (χ2v) is 9.66. The number of aliphatic hydroxyl groups excluding tert-OH is 1. The molecule has 11 nitrogen and oxygen atoms in total. The third-order valence-electron chi connectivity index (χ3n) is 6.95. The van der Waals surface area contributed by atoms with Crippen LogP contribution in [0.2, 0.25) is 0 Å². The van der Waals surface area contributed by atoms with E-state index in [1.54, 1.807) is 91.0 Å². The van der Waals surface area contributed by atoms with Crippen LogP contribution in [0.15, 0.2) is 104 Å². The minimum Gasteiger partial charge on any atom is -0.459 e.